The van der Waals surface area contributed by atoms with Gasteiger partial charge in [-0.25, -0.2) is 4.79 Å². The number of hydrogen-bond donors (Lipinski definition) is 1. The predicted octanol–water partition coefficient (Wildman–Crippen LogP) is 4.16. The fourth-order valence-corrected chi connectivity index (χ4v) is 3.56. The molecule has 3 aromatic rings. The molecule has 0 radical (unpaired) electrons. The SMILES string of the molecule is Cc1c(O)ccc2c(CN(C)Cc3ccc([C@@H]4C[C@@H]4C)o3)cc(=O)oc12. The Morgan fingerprint density at radius 1 is 1.19 bits per heavy atom. The van der Waals surface area contributed by atoms with Gasteiger partial charge >= 0.3 is 5.63 Å². The summed E-state index contributed by atoms with van der Waals surface area (Å²) in [7, 11) is 2.00. The Morgan fingerprint density at radius 2 is 1.96 bits per heavy atom. The lowest BCUT2D eigenvalue weighted by atomic mass is 10.1. The van der Waals surface area contributed by atoms with Crippen LogP contribution in [-0.2, 0) is 13.1 Å². The molecule has 1 saturated carbocycles. The molecular formula is C21H23NO4. The lowest BCUT2D eigenvalue weighted by Gasteiger charge is -2.16. The van der Waals surface area contributed by atoms with Crippen molar-refractivity contribution in [2.45, 2.75) is 39.3 Å². The van der Waals surface area contributed by atoms with E-state index < -0.39 is 5.63 Å². The van der Waals surface area contributed by atoms with Crippen molar-refractivity contribution in [3.05, 3.63) is 63.4 Å². The van der Waals surface area contributed by atoms with E-state index in [1.165, 1.54) is 12.5 Å². The fraction of sp³-hybridized carbons (Fsp3) is 0.381. The second-order valence-corrected chi connectivity index (χ2v) is 7.47. The van der Waals surface area contributed by atoms with E-state index in [0.717, 1.165) is 28.4 Å². The molecule has 0 unspecified atom stereocenters. The smallest absolute Gasteiger partial charge is 0.336 e. The molecule has 0 saturated heterocycles. The van der Waals surface area contributed by atoms with Crippen LogP contribution in [0.15, 0.2) is 44.0 Å². The number of phenolic OH excluding ortho intramolecular Hbond substituents is 1. The van der Waals surface area contributed by atoms with Crippen LogP contribution in [-0.4, -0.2) is 17.1 Å². The van der Waals surface area contributed by atoms with Gasteiger partial charge in [0.15, 0.2) is 0 Å². The monoisotopic (exact) mass is 353 g/mol. The van der Waals surface area contributed by atoms with Crippen LogP contribution in [0.1, 0.15) is 41.9 Å². The molecule has 2 heterocycles. The minimum atomic E-state index is -0.405. The molecule has 1 aliphatic rings. The summed E-state index contributed by atoms with van der Waals surface area (Å²) in [5.74, 6) is 3.44. The predicted molar refractivity (Wildman–Crippen MR) is 99.3 cm³/mol. The molecule has 2 aromatic heterocycles. The molecule has 0 bridgehead atoms. The molecule has 0 amide bonds. The highest BCUT2D eigenvalue weighted by atomic mass is 16.4. The van der Waals surface area contributed by atoms with E-state index in [4.69, 9.17) is 8.83 Å². The second kappa shape index (κ2) is 6.32. The summed E-state index contributed by atoms with van der Waals surface area (Å²) in [6.45, 7) is 5.24. The summed E-state index contributed by atoms with van der Waals surface area (Å²) in [6.07, 6.45) is 1.21. The standard InChI is InChI=1S/C21H23NO4/c1-12-8-17(12)19-7-4-15(25-19)11-22(3)10-14-9-20(24)26-21-13(2)18(23)6-5-16(14)21/h4-7,9,12,17,23H,8,10-11H2,1-3H3/t12-,17+/m0/s1. The van der Waals surface area contributed by atoms with Crippen LogP contribution < -0.4 is 5.63 Å². The Bertz CT molecular complexity index is 1020. The number of furan rings is 1. The van der Waals surface area contributed by atoms with Gasteiger partial charge in [0, 0.05) is 29.5 Å². The van der Waals surface area contributed by atoms with Gasteiger partial charge in [-0.15, -0.1) is 0 Å². The van der Waals surface area contributed by atoms with Gasteiger partial charge in [0.25, 0.3) is 0 Å². The van der Waals surface area contributed by atoms with Gasteiger partial charge in [-0.05, 0) is 56.1 Å². The number of fused-ring (bicyclic) bond motifs is 1. The van der Waals surface area contributed by atoms with Crippen molar-refractivity contribution in [2.75, 3.05) is 7.05 Å². The summed E-state index contributed by atoms with van der Waals surface area (Å²) >= 11 is 0. The highest BCUT2D eigenvalue weighted by Crippen LogP contribution is 2.47. The van der Waals surface area contributed by atoms with Crippen LogP contribution in [0, 0.1) is 12.8 Å². The first-order chi connectivity index (χ1) is 12.4. The number of nitrogens with zero attached hydrogens (tertiary/aromatic N) is 1. The van der Waals surface area contributed by atoms with Crippen LogP contribution in [0.2, 0.25) is 0 Å². The number of aromatic hydroxyl groups is 1. The quantitative estimate of drug-likeness (QED) is 0.698. The normalized spacial score (nSPS) is 19.4. The fourth-order valence-electron chi connectivity index (χ4n) is 3.56. The van der Waals surface area contributed by atoms with Crippen molar-refractivity contribution in [1.82, 2.24) is 4.90 Å². The Hall–Kier alpha value is -2.53. The van der Waals surface area contributed by atoms with Crippen molar-refractivity contribution >= 4 is 11.0 Å². The van der Waals surface area contributed by atoms with E-state index in [-0.39, 0.29) is 5.75 Å². The molecule has 26 heavy (non-hydrogen) atoms. The summed E-state index contributed by atoms with van der Waals surface area (Å²) in [5, 5.41) is 10.7. The number of rotatable bonds is 5. The summed E-state index contributed by atoms with van der Waals surface area (Å²) in [6, 6.07) is 9.07. The molecule has 5 nitrogen and oxygen atoms in total. The molecule has 1 aromatic carbocycles. The van der Waals surface area contributed by atoms with Crippen molar-refractivity contribution in [2.24, 2.45) is 5.92 Å². The van der Waals surface area contributed by atoms with Crippen LogP contribution in [0.4, 0.5) is 0 Å². The van der Waals surface area contributed by atoms with Gasteiger partial charge in [0.1, 0.15) is 22.9 Å². The zero-order valence-corrected chi connectivity index (χ0v) is 15.3. The number of benzene rings is 1. The third-order valence-corrected chi connectivity index (χ3v) is 5.24. The Balaban J connectivity index is 1.55. The molecular weight excluding hydrogens is 330 g/mol. The molecule has 4 rings (SSSR count). The van der Waals surface area contributed by atoms with E-state index in [0.29, 0.717) is 30.2 Å². The highest BCUT2D eigenvalue weighted by molar-refractivity contribution is 5.84. The van der Waals surface area contributed by atoms with Crippen molar-refractivity contribution < 1.29 is 13.9 Å². The largest absolute Gasteiger partial charge is 0.508 e. The number of phenols is 1. The van der Waals surface area contributed by atoms with Gasteiger partial charge < -0.3 is 13.9 Å². The van der Waals surface area contributed by atoms with Gasteiger partial charge in [-0.3, -0.25) is 4.90 Å². The first-order valence-electron chi connectivity index (χ1n) is 8.95. The Labute approximate surface area is 151 Å². The summed E-state index contributed by atoms with van der Waals surface area (Å²) < 4.78 is 11.3. The van der Waals surface area contributed by atoms with Crippen LogP contribution in [0.5, 0.6) is 5.75 Å². The summed E-state index contributed by atoms with van der Waals surface area (Å²) in [5.41, 5.74) is 1.50. The molecule has 0 aliphatic heterocycles. The highest BCUT2D eigenvalue weighted by Gasteiger charge is 2.36. The van der Waals surface area contributed by atoms with Gasteiger partial charge in [0.05, 0.1) is 6.54 Å². The van der Waals surface area contributed by atoms with E-state index in [1.807, 2.05) is 13.1 Å². The molecule has 136 valence electrons. The van der Waals surface area contributed by atoms with Crippen LogP contribution in [0.25, 0.3) is 11.0 Å². The average Bonchev–Trinajstić information content (AvgIpc) is 3.13. The number of hydrogen-bond acceptors (Lipinski definition) is 5. The van der Waals surface area contributed by atoms with Gasteiger partial charge in [0.2, 0.25) is 0 Å². The minimum absolute atomic E-state index is 0.128. The Kier molecular flexibility index (Phi) is 4.11. The van der Waals surface area contributed by atoms with E-state index in [1.54, 1.807) is 19.1 Å². The maximum atomic E-state index is 11.9. The zero-order chi connectivity index (χ0) is 18.4. The van der Waals surface area contributed by atoms with Crippen LogP contribution >= 0.6 is 0 Å². The second-order valence-electron chi connectivity index (χ2n) is 7.47. The third-order valence-electron chi connectivity index (χ3n) is 5.24. The molecule has 1 fully saturated rings. The lowest BCUT2D eigenvalue weighted by Crippen LogP contribution is -2.18. The lowest BCUT2D eigenvalue weighted by molar-refractivity contribution is 0.283. The first kappa shape index (κ1) is 16.9. The Morgan fingerprint density at radius 3 is 2.69 bits per heavy atom. The van der Waals surface area contributed by atoms with Crippen molar-refractivity contribution in [3.8, 4) is 5.75 Å². The van der Waals surface area contributed by atoms with E-state index in [9.17, 15) is 9.90 Å². The maximum absolute atomic E-state index is 11.9. The van der Waals surface area contributed by atoms with Crippen LogP contribution in [0.3, 0.4) is 0 Å². The first-order valence-corrected chi connectivity index (χ1v) is 8.95. The maximum Gasteiger partial charge on any atom is 0.336 e. The van der Waals surface area contributed by atoms with Crippen molar-refractivity contribution in [1.29, 1.82) is 0 Å². The molecule has 1 aliphatic carbocycles. The topological polar surface area (TPSA) is 66.8 Å². The van der Waals surface area contributed by atoms with Gasteiger partial charge in [-0.2, -0.15) is 0 Å². The summed E-state index contributed by atoms with van der Waals surface area (Å²) in [4.78, 5) is 14.0. The minimum Gasteiger partial charge on any atom is -0.508 e. The molecule has 1 N–H and O–H groups in total. The number of aryl methyl sites for hydroxylation is 1. The van der Waals surface area contributed by atoms with Crippen molar-refractivity contribution in [3.63, 3.8) is 0 Å². The zero-order valence-electron chi connectivity index (χ0n) is 15.3. The van der Waals surface area contributed by atoms with E-state index in [2.05, 4.69) is 17.9 Å². The molecule has 5 heteroatoms. The third kappa shape index (κ3) is 3.15. The molecule has 0 spiro atoms. The molecule has 2 atom stereocenters. The van der Waals surface area contributed by atoms with Gasteiger partial charge in [-0.1, -0.05) is 6.92 Å². The van der Waals surface area contributed by atoms with E-state index >= 15 is 0 Å². The average molecular weight is 353 g/mol.